The standard InChI is InChI=1S/C18H24Cl2N2O2/c1-13(24-15-6-7-16(19)17(20)12-15)18(23)22-10-8-21(9-11-22)14-4-2-3-5-14/h6-7,12-14H,2-5,8-11H2,1H3. The van der Waals surface area contributed by atoms with Crippen molar-refractivity contribution in [3.05, 3.63) is 28.2 Å². The molecule has 1 unspecified atom stereocenters. The molecule has 1 aliphatic heterocycles. The number of benzene rings is 1. The average molecular weight is 371 g/mol. The molecule has 132 valence electrons. The van der Waals surface area contributed by atoms with Crippen LogP contribution in [0.15, 0.2) is 18.2 Å². The lowest BCUT2D eigenvalue weighted by Gasteiger charge is -2.38. The van der Waals surface area contributed by atoms with Gasteiger partial charge in [0.25, 0.3) is 5.91 Å². The van der Waals surface area contributed by atoms with Crippen molar-refractivity contribution in [1.82, 2.24) is 9.80 Å². The molecule has 4 nitrogen and oxygen atoms in total. The van der Waals surface area contributed by atoms with E-state index in [4.69, 9.17) is 27.9 Å². The Morgan fingerprint density at radius 1 is 1.12 bits per heavy atom. The van der Waals surface area contributed by atoms with Crippen molar-refractivity contribution in [3.63, 3.8) is 0 Å². The Balaban J connectivity index is 1.51. The highest BCUT2D eigenvalue weighted by molar-refractivity contribution is 6.42. The molecule has 1 aliphatic carbocycles. The number of hydrogen-bond acceptors (Lipinski definition) is 3. The molecular weight excluding hydrogens is 347 g/mol. The molecule has 1 saturated carbocycles. The molecule has 0 bridgehead atoms. The smallest absolute Gasteiger partial charge is 0.263 e. The van der Waals surface area contributed by atoms with E-state index >= 15 is 0 Å². The number of halogens is 2. The monoisotopic (exact) mass is 370 g/mol. The van der Waals surface area contributed by atoms with Crippen LogP contribution in [0.5, 0.6) is 5.75 Å². The molecule has 1 heterocycles. The van der Waals surface area contributed by atoms with Gasteiger partial charge in [-0.1, -0.05) is 36.0 Å². The Morgan fingerprint density at radius 2 is 1.79 bits per heavy atom. The van der Waals surface area contributed by atoms with Crippen LogP contribution in [0.2, 0.25) is 10.0 Å². The largest absolute Gasteiger partial charge is 0.481 e. The molecule has 0 radical (unpaired) electrons. The number of piperazine rings is 1. The summed E-state index contributed by atoms with van der Waals surface area (Å²) in [7, 11) is 0. The van der Waals surface area contributed by atoms with Gasteiger partial charge in [-0.05, 0) is 31.9 Å². The summed E-state index contributed by atoms with van der Waals surface area (Å²) in [5.74, 6) is 0.599. The second-order valence-corrected chi connectivity index (χ2v) is 7.45. The third-order valence-corrected chi connectivity index (χ3v) is 5.76. The molecule has 0 aromatic heterocycles. The van der Waals surface area contributed by atoms with Crippen LogP contribution in [0.3, 0.4) is 0 Å². The Labute approximate surface area is 153 Å². The third-order valence-electron chi connectivity index (χ3n) is 5.02. The van der Waals surface area contributed by atoms with E-state index in [0.717, 1.165) is 32.2 Å². The molecule has 0 N–H and O–H groups in total. The van der Waals surface area contributed by atoms with E-state index in [1.54, 1.807) is 25.1 Å². The van der Waals surface area contributed by atoms with Gasteiger partial charge in [0.2, 0.25) is 0 Å². The number of hydrogen-bond donors (Lipinski definition) is 0. The summed E-state index contributed by atoms with van der Waals surface area (Å²) in [6.07, 6.45) is 4.78. The summed E-state index contributed by atoms with van der Waals surface area (Å²) in [6, 6.07) is 5.78. The number of rotatable bonds is 4. The highest BCUT2D eigenvalue weighted by Gasteiger charge is 2.30. The Bertz CT molecular complexity index is 582. The van der Waals surface area contributed by atoms with Crippen LogP contribution in [-0.2, 0) is 4.79 Å². The average Bonchev–Trinajstić information content (AvgIpc) is 3.12. The first-order chi connectivity index (χ1) is 11.5. The molecule has 1 aromatic carbocycles. The molecule has 3 rings (SSSR count). The van der Waals surface area contributed by atoms with E-state index < -0.39 is 6.10 Å². The van der Waals surface area contributed by atoms with Crippen LogP contribution in [-0.4, -0.2) is 54.0 Å². The second-order valence-electron chi connectivity index (χ2n) is 6.64. The SMILES string of the molecule is CC(Oc1ccc(Cl)c(Cl)c1)C(=O)N1CCN(C2CCCC2)CC1. The minimum absolute atomic E-state index is 0.0344. The van der Waals surface area contributed by atoms with E-state index in [9.17, 15) is 4.79 Å². The minimum atomic E-state index is -0.528. The van der Waals surface area contributed by atoms with E-state index in [1.807, 2.05) is 4.90 Å². The van der Waals surface area contributed by atoms with Crippen molar-refractivity contribution in [3.8, 4) is 5.75 Å². The summed E-state index contributed by atoms with van der Waals surface area (Å²) in [5.41, 5.74) is 0. The number of ether oxygens (including phenoxy) is 1. The molecule has 24 heavy (non-hydrogen) atoms. The zero-order valence-corrected chi connectivity index (χ0v) is 15.5. The summed E-state index contributed by atoms with van der Waals surface area (Å²) in [4.78, 5) is 17.1. The van der Waals surface area contributed by atoms with Crippen LogP contribution in [0.4, 0.5) is 0 Å². The zero-order valence-electron chi connectivity index (χ0n) is 14.0. The molecule has 0 spiro atoms. The lowest BCUT2D eigenvalue weighted by atomic mass is 10.1. The lowest BCUT2D eigenvalue weighted by molar-refractivity contribution is -0.140. The van der Waals surface area contributed by atoms with Gasteiger partial charge in [-0.3, -0.25) is 9.69 Å². The predicted octanol–water partition coefficient (Wildman–Crippen LogP) is 3.85. The summed E-state index contributed by atoms with van der Waals surface area (Å²) >= 11 is 11.9. The van der Waals surface area contributed by atoms with Gasteiger partial charge in [0.15, 0.2) is 6.10 Å². The Hall–Kier alpha value is -0.970. The summed E-state index contributed by atoms with van der Waals surface area (Å²) < 4.78 is 5.74. The molecule has 1 saturated heterocycles. The van der Waals surface area contributed by atoms with Gasteiger partial charge >= 0.3 is 0 Å². The third kappa shape index (κ3) is 4.16. The Kier molecular flexibility index (Phi) is 5.90. The topological polar surface area (TPSA) is 32.8 Å². The van der Waals surface area contributed by atoms with Crippen LogP contribution in [0.1, 0.15) is 32.6 Å². The zero-order chi connectivity index (χ0) is 17.1. The molecule has 2 fully saturated rings. The number of carbonyl (C=O) groups excluding carboxylic acids is 1. The van der Waals surface area contributed by atoms with Gasteiger partial charge in [0, 0.05) is 38.3 Å². The summed E-state index contributed by atoms with van der Waals surface area (Å²) in [6.45, 7) is 5.29. The van der Waals surface area contributed by atoms with Crippen molar-refractivity contribution >= 4 is 29.1 Å². The highest BCUT2D eigenvalue weighted by Crippen LogP contribution is 2.27. The maximum Gasteiger partial charge on any atom is 0.263 e. The summed E-state index contributed by atoms with van der Waals surface area (Å²) in [5, 5.41) is 0.907. The fourth-order valence-electron chi connectivity index (χ4n) is 3.64. The quantitative estimate of drug-likeness (QED) is 0.806. The molecule has 1 aromatic rings. The van der Waals surface area contributed by atoms with Crippen LogP contribution in [0, 0.1) is 0 Å². The first kappa shape index (κ1) is 17.8. The Morgan fingerprint density at radius 3 is 2.42 bits per heavy atom. The van der Waals surface area contributed by atoms with Crippen molar-refractivity contribution in [1.29, 1.82) is 0 Å². The molecule has 1 atom stereocenters. The number of carbonyl (C=O) groups is 1. The molecular formula is C18H24Cl2N2O2. The van der Waals surface area contributed by atoms with Gasteiger partial charge in [-0.25, -0.2) is 0 Å². The van der Waals surface area contributed by atoms with Gasteiger partial charge < -0.3 is 9.64 Å². The van der Waals surface area contributed by atoms with Crippen LogP contribution in [0.25, 0.3) is 0 Å². The van der Waals surface area contributed by atoms with Crippen molar-refractivity contribution in [2.75, 3.05) is 26.2 Å². The maximum atomic E-state index is 12.6. The van der Waals surface area contributed by atoms with Gasteiger partial charge in [-0.15, -0.1) is 0 Å². The number of nitrogens with zero attached hydrogens (tertiary/aromatic N) is 2. The van der Waals surface area contributed by atoms with Crippen molar-refractivity contribution in [2.45, 2.75) is 44.8 Å². The van der Waals surface area contributed by atoms with Gasteiger partial charge in [0.1, 0.15) is 5.75 Å². The first-order valence-electron chi connectivity index (χ1n) is 8.69. The minimum Gasteiger partial charge on any atom is -0.481 e. The van der Waals surface area contributed by atoms with E-state index in [1.165, 1.54) is 25.7 Å². The fourth-order valence-corrected chi connectivity index (χ4v) is 3.93. The maximum absolute atomic E-state index is 12.6. The first-order valence-corrected chi connectivity index (χ1v) is 9.45. The molecule has 6 heteroatoms. The molecule has 1 amide bonds. The van der Waals surface area contributed by atoms with Gasteiger partial charge in [0.05, 0.1) is 10.0 Å². The van der Waals surface area contributed by atoms with Crippen LogP contribution >= 0.6 is 23.2 Å². The molecule has 2 aliphatic rings. The number of amides is 1. The predicted molar refractivity (Wildman–Crippen MR) is 97.0 cm³/mol. The fraction of sp³-hybridized carbons (Fsp3) is 0.611. The van der Waals surface area contributed by atoms with Crippen molar-refractivity contribution in [2.24, 2.45) is 0 Å². The van der Waals surface area contributed by atoms with Gasteiger partial charge in [-0.2, -0.15) is 0 Å². The van der Waals surface area contributed by atoms with Crippen LogP contribution < -0.4 is 4.74 Å². The normalized spacial score (nSPS) is 21.0. The second kappa shape index (κ2) is 7.94. The highest BCUT2D eigenvalue weighted by atomic mass is 35.5. The van der Waals surface area contributed by atoms with E-state index in [-0.39, 0.29) is 5.91 Å². The van der Waals surface area contributed by atoms with E-state index in [0.29, 0.717) is 15.8 Å². The van der Waals surface area contributed by atoms with E-state index in [2.05, 4.69) is 4.90 Å². The van der Waals surface area contributed by atoms with Crippen molar-refractivity contribution < 1.29 is 9.53 Å². The lowest BCUT2D eigenvalue weighted by Crippen LogP contribution is -2.53.